The molecule has 0 bridgehead atoms. The summed E-state index contributed by atoms with van der Waals surface area (Å²) in [4.78, 5) is 5.30. The zero-order valence-corrected chi connectivity index (χ0v) is 12.5. The lowest BCUT2D eigenvalue weighted by atomic mass is 10.2. The Balaban J connectivity index is 2.15. The zero-order valence-electron chi connectivity index (χ0n) is 11.7. The zero-order chi connectivity index (χ0) is 15.3. The lowest BCUT2D eigenvalue weighted by Crippen LogP contribution is -2.21. The fourth-order valence-electron chi connectivity index (χ4n) is 1.58. The molecule has 112 valence electrons. The molecule has 21 heavy (non-hydrogen) atoms. The van der Waals surface area contributed by atoms with E-state index in [9.17, 15) is 8.78 Å². The van der Waals surface area contributed by atoms with Crippen molar-refractivity contribution in [3.8, 4) is 17.3 Å². The van der Waals surface area contributed by atoms with Crippen molar-refractivity contribution in [3.05, 3.63) is 30.5 Å². The van der Waals surface area contributed by atoms with Crippen molar-refractivity contribution in [1.29, 1.82) is 0 Å². The molecule has 0 unspecified atom stereocenters. The molecule has 0 atom stereocenters. The van der Waals surface area contributed by atoms with Crippen molar-refractivity contribution < 1.29 is 13.5 Å². The number of rotatable bonds is 6. The second kappa shape index (κ2) is 6.80. The summed E-state index contributed by atoms with van der Waals surface area (Å²) in [5, 5.41) is 7.80. The van der Waals surface area contributed by atoms with E-state index in [1.807, 2.05) is 12.1 Å². The van der Waals surface area contributed by atoms with Gasteiger partial charge in [0.15, 0.2) is 6.61 Å². The van der Waals surface area contributed by atoms with Crippen LogP contribution in [-0.2, 0) is 0 Å². The second-order valence-electron chi connectivity index (χ2n) is 4.40. The van der Waals surface area contributed by atoms with Crippen LogP contribution in [0.4, 0.5) is 8.78 Å². The highest BCUT2D eigenvalue weighted by Crippen LogP contribution is 2.28. The molecule has 2 rings (SSSR count). The SMILES string of the molecule is CCSc1cccnc1-c1ccc(OCC(C)(F)F)nn1. The first-order chi connectivity index (χ1) is 9.99. The van der Waals surface area contributed by atoms with Gasteiger partial charge in [0, 0.05) is 24.1 Å². The van der Waals surface area contributed by atoms with Gasteiger partial charge >= 0.3 is 0 Å². The lowest BCUT2D eigenvalue weighted by molar-refractivity contribution is -0.0244. The Kier molecular flexibility index (Phi) is 5.06. The van der Waals surface area contributed by atoms with Gasteiger partial charge in [0.1, 0.15) is 11.4 Å². The van der Waals surface area contributed by atoms with Gasteiger partial charge < -0.3 is 4.74 Å². The third kappa shape index (κ3) is 4.63. The van der Waals surface area contributed by atoms with Crippen molar-refractivity contribution in [2.24, 2.45) is 0 Å². The minimum absolute atomic E-state index is 0.0703. The summed E-state index contributed by atoms with van der Waals surface area (Å²) in [5.41, 5.74) is 1.31. The molecule has 2 aromatic heterocycles. The third-order valence-electron chi connectivity index (χ3n) is 2.43. The number of ether oxygens (including phenoxy) is 1. The van der Waals surface area contributed by atoms with Crippen molar-refractivity contribution in [2.75, 3.05) is 12.4 Å². The highest BCUT2D eigenvalue weighted by Gasteiger charge is 2.22. The van der Waals surface area contributed by atoms with Gasteiger partial charge in [-0.2, -0.15) is 0 Å². The molecule has 0 aliphatic rings. The van der Waals surface area contributed by atoms with Gasteiger partial charge in [0.2, 0.25) is 5.88 Å². The first kappa shape index (κ1) is 15.6. The van der Waals surface area contributed by atoms with Crippen LogP contribution in [0.1, 0.15) is 13.8 Å². The maximum absolute atomic E-state index is 12.7. The maximum Gasteiger partial charge on any atom is 0.278 e. The number of aromatic nitrogens is 3. The summed E-state index contributed by atoms with van der Waals surface area (Å²) in [6.45, 7) is 2.12. The predicted octanol–water partition coefficient (Wildman–Crippen LogP) is 3.68. The van der Waals surface area contributed by atoms with E-state index in [0.717, 1.165) is 23.3 Å². The average molecular weight is 311 g/mol. The van der Waals surface area contributed by atoms with E-state index >= 15 is 0 Å². The summed E-state index contributed by atoms with van der Waals surface area (Å²) in [5.74, 6) is -1.91. The molecule has 4 nitrogen and oxygen atoms in total. The quantitative estimate of drug-likeness (QED) is 0.762. The molecule has 0 amide bonds. The van der Waals surface area contributed by atoms with E-state index in [2.05, 4.69) is 22.1 Å². The number of pyridine rings is 1. The van der Waals surface area contributed by atoms with E-state index in [1.165, 1.54) is 6.07 Å². The maximum atomic E-state index is 12.7. The van der Waals surface area contributed by atoms with E-state index in [0.29, 0.717) is 5.69 Å². The summed E-state index contributed by atoms with van der Waals surface area (Å²) >= 11 is 1.65. The first-order valence-corrected chi connectivity index (χ1v) is 7.40. The number of halogens is 2. The van der Waals surface area contributed by atoms with Gasteiger partial charge in [-0.15, -0.1) is 22.0 Å². The van der Waals surface area contributed by atoms with Gasteiger partial charge in [-0.1, -0.05) is 6.92 Å². The number of hydrogen-bond acceptors (Lipinski definition) is 5. The Bertz CT molecular complexity index is 588. The van der Waals surface area contributed by atoms with Crippen LogP contribution in [0.2, 0.25) is 0 Å². The molecule has 7 heteroatoms. The molecule has 2 heterocycles. The lowest BCUT2D eigenvalue weighted by Gasteiger charge is -2.11. The van der Waals surface area contributed by atoms with Crippen LogP contribution in [-0.4, -0.2) is 33.5 Å². The molecule has 0 saturated carbocycles. The number of nitrogens with zero attached hydrogens (tertiary/aromatic N) is 3. The topological polar surface area (TPSA) is 47.9 Å². The Morgan fingerprint density at radius 3 is 2.67 bits per heavy atom. The predicted molar refractivity (Wildman–Crippen MR) is 77.8 cm³/mol. The van der Waals surface area contributed by atoms with Gasteiger partial charge in [-0.3, -0.25) is 4.98 Å². The summed E-state index contributed by atoms with van der Waals surface area (Å²) in [7, 11) is 0. The van der Waals surface area contributed by atoms with Crippen LogP contribution >= 0.6 is 11.8 Å². The molecule has 0 spiro atoms. The smallest absolute Gasteiger partial charge is 0.278 e. The monoisotopic (exact) mass is 311 g/mol. The van der Waals surface area contributed by atoms with Crippen molar-refractivity contribution in [3.63, 3.8) is 0 Å². The van der Waals surface area contributed by atoms with Gasteiger partial charge in [-0.25, -0.2) is 8.78 Å². The fourth-order valence-corrected chi connectivity index (χ4v) is 2.36. The van der Waals surface area contributed by atoms with Crippen LogP contribution in [0.15, 0.2) is 35.4 Å². The number of thioether (sulfide) groups is 1. The molecule has 0 radical (unpaired) electrons. The first-order valence-electron chi connectivity index (χ1n) is 6.42. The Morgan fingerprint density at radius 1 is 1.24 bits per heavy atom. The molecule has 0 N–H and O–H groups in total. The van der Waals surface area contributed by atoms with Crippen LogP contribution in [0.25, 0.3) is 11.4 Å². The van der Waals surface area contributed by atoms with Crippen LogP contribution < -0.4 is 4.74 Å². The van der Waals surface area contributed by atoms with E-state index in [4.69, 9.17) is 4.74 Å². The average Bonchev–Trinajstić information content (AvgIpc) is 2.46. The highest BCUT2D eigenvalue weighted by atomic mass is 32.2. The van der Waals surface area contributed by atoms with Gasteiger partial charge in [0.25, 0.3) is 5.92 Å². The fraction of sp³-hybridized carbons (Fsp3) is 0.357. The van der Waals surface area contributed by atoms with Crippen LogP contribution in [0, 0.1) is 0 Å². The molecule has 0 aliphatic carbocycles. The van der Waals surface area contributed by atoms with Crippen molar-refractivity contribution in [2.45, 2.75) is 24.7 Å². The Morgan fingerprint density at radius 2 is 2.05 bits per heavy atom. The minimum atomic E-state index is -2.90. The molecule has 0 saturated heterocycles. The third-order valence-corrected chi connectivity index (χ3v) is 3.36. The highest BCUT2D eigenvalue weighted by molar-refractivity contribution is 7.99. The molecule has 0 aliphatic heterocycles. The van der Waals surface area contributed by atoms with E-state index < -0.39 is 12.5 Å². The Hall–Kier alpha value is -1.76. The number of hydrogen-bond donors (Lipinski definition) is 0. The molecular formula is C14H15F2N3OS. The molecule has 0 fully saturated rings. The number of alkyl halides is 2. The molecule has 2 aromatic rings. The molecule has 0 aromatic carbocycles. The summed E-state index contributed by atoms with van der Waals surface area (Å²) in [6.07, 6.45) is 1.68. The van der Waals surface area contributed by atoms with Gasteiger partial charge in [0.05, 0.1) is 0 Å². The van der Waals surface area contributed by atoms with Crippen LogP contribution in [0.5, 0.6) is 5.88 Å². The van der Waals surface area contributed by atoms with E-state index in [1.54, 1.807) is 24.0 Å². The summed E-state index contributed by atoms with van der Waals surface area (Å²) < 4.78 is 30.3. The van der Waals surface area contributed by atoms with Crippen molar-refractivity contribution >= 4 is 11.8 Å². The van der Waals surface area contributed by atoms with E-state index in [-0.39, 0.29) is 5.88 Å². The largest absolute Gasteiger partial charge is 0.470 e. The molecular weight excluding hydrogens is 296 g/mol. The van der Waals surface area contributed by atoms with Crippen molar-refractivity contribution in [1.82, 2.24) is 15.2 Å². The Labute approximate surface area is 126 Å². The second-order valence-corrected chi connectivity index (χ2v) is 5.70. The minimum Gasteiger partial charge on any atom is -0.470 e. The van der Waals surface area contributed by atoms with Crippen LogP contribution in [0.3, 0.4) is 0 Å². The normalized spacial score (nSPS) is 11.4. The summed E-state index contributed by atoms with van der Waals surface area (Å²) in [6, 6.07) is 7.00. The standard InChI is InChI=1S/C14H15F2N3OS/c1-3-21-11-5-4-8-17-13(11)10-6-7-12(19-18-10)20-9-14(2,15)16/h4-8H,3,9H2,1-2H3. The van der Waals surface area contributed by atoms with Gasteiger partial charge in [-0.05, 0) is 24.0 Å².